The molecule has 5 rings (SSSR count). The standard InChI is InChI=1S/C24H19FN2S/c25-20-5-1-3-19(14-20)24-21(16-8-10-26-11-9-16)15-22(27-24)17-6-7-23-18(13-17)4-2-12-28-23/h1,3,5-11,13-15,27H,2,4,12H2. The molecule has 1 N–H and O–H groups in total. The second-order valence-electron chi connectivity index (χ2n) is 6.99. The molecule has 0 fully saturated rings. The number of pyridine rings is 1. The summed E-state index contributed by atoms with van der Waals surface area (Å²) in [5, 5.41) is 0. The lowest BCUT2D eigenvalue weighted by atomic mass is 10.0. The zero-order valence-corrected chi connectivity index (χ0v) is 16.1. The van der Waals surface area contributed by atoms with Crippen molar-refractivity contribution in [3.8, 4) is 33.6 Å². The summed E-state index contributed by atoms with van der Waals surface area (Å²) in [6.07, 6.45) is 5.93. The molecule has 2 nitrogen and oxygen atoms in total. The molecular formula is C24H19FN2S. The fraction of sp³-hybridized carbons (Fsp3) is 0.125. The van der Waals surface area contributed by atoms with Crippen molar-refractivity contribution in [2.45, 2.75) is 17.7 Å². The summed E-state index contributed by atoms with van der Waals surface area (Å²) in [6, 6.07) is 19.6. The van der Waals surface area contributed by atoms with E-state index in [0.29, 0.717) is 0 Å². The number of halogens is 1. The van der Waals surface area contributed by atoms with Gasteiger partial charge in [0.05, 0.1) is 5.69 Å². The largest absolute Gasteiger partial charge is 0.354 e. The van der Waals surface area contributed by atoms with Gasteiger partial charge in [0.15, 0.2) is 0 Å². The van der Waals surface area contributed by atoms with Gasteiger partial charge in [0.25, 0.3) is 0 Å². The molecule has 0 aliphatic carbocycles. The monoisotopic (exact) mass is 386 g/mol. The summed E-state index contributed by atoms with van der Waals surface area (Å²) in [5.41, 5.74) is 7.50. The number of H-pyrrole nitrogens is 1. The number of rotatable bonds is 3. The molecule has 4 aromatic rings. The quantitative estimate of drug-likeness (QED) is 0.430. The average molecular weight is 386 g/mol. The third kappa shape index (κ3) is 3.25. The van der Waals surface area contributed by atoms with Gasteiger partial charge in [0, 0.05) is 34.1 Å². The molecule has 4 heteroatoms. The van der Waals surface area contributed by atoms with Crippen molar-refractivity contribution >= 4 is 11.8 Å². The predicted octanol–water partition coefficient (Wildman–Crippen LogP) is 6.59. The molecule has 0 unspecified atom stereocenters. The number of nitrogens with zero attached hydrogens (tertiary/aromatic N) is 1. The lowest BCUT2D eigenvalue weighted by molar-refractivity contribution is 0.628. The number of thioether (sulfide) groups is 1. The highest BCUT2D eigenvalue weighted by atomic mass is 32.2. The van der Waals surface area contributed by atoms with E-state index in [1.807, 2.05) is 30.0 Å². The van der Waals surface area contributed by atoms with Crippen LogP contribution >= 0.6 is 11.8 Å². The van der Waals surface area contributed by atoms with Crippen LogP contribution in [0.1, 0.15) is 12.0 Å². The van der Waals surface area contributed by atoms with Crippen LogP contribution in [0, 0.1) is 5.82 Å². The molecule has 2 aromatic carbocycles. The first-order chi connectivity index (χ1) is 13.8. The maximum atomic E-state index is 13.9. The van der Waals surface area contributed by atoms with E-state index in [2.05, 4.69) is 34.2 Å². The van der Waals surface area contributed by atoms with Crippen molar-refractivity contribution in [3.05, 3.63) is 84.4 Å². The lowest BCUT2D eigenvalue weighted by Gasteiger charge is -2.15. The van der Waals surface area contributed by atoms with Crippen LogP contribution in [0.25, 0.3) is 33.6 Å². The Labute approximate surface area is 167 Å². The molecule has 138 valence electrons. The van der Waals surface area contributed by atoms with E-state index in [9.17, 15) is 4.39 Å². The first-order valence-electron chi connectivity index (χ1n) is 9.43. The Hall–Kier alpha value is -2.85. The number of benzene rings is 2. The van der Waals surface area contributed by atoms with Crippen molar-refractivity contribution in [2.24, 2.45) is 0 Å². The van der Waals surface area contributed by atoms with Crippen LogP contribution < -0.4 is 0 Å². The van der Waals surface area contributed by atoms with Crippen LogP contribution in [-0.2, 0) is 6.42 Å². The third-order valence-corrected chi connectivity index (χ3v) is 6.34. The van der Waals surface area contributed by atoms with Gasteiger partial charge < -0.3 is 4.98 Å². The second kappa shape index (κ2) is 7.28. The van der Waals surface area contributed by atoms with Crippen LogP contribution in [0.5, 0.6) is 0 Å². The van der Waals surface area contributed by atoms with Crippen molar-refractivity contribution < 1.29 is 4.39 Å². The summed E-state index contributed by atoms with van der Waals surface area (Å²) in [7, 11) is 0. The number of hydrogen-bond donors (Lipinski definition) is 1. The Morgan fingerprint density at radius 1 is 0.893 bits per heavy atom. The first-order valence-corrected chi connectivity index (χ1v) is 10.4. The minimum Gasteiger partial charge on any atom is -0.354 e. The van der Waals surface area contributed by atoms with Crippen LogP contribution in [-0.4, -0.2) is 15.7 Å². The van der Waals surface area contributed by atoms with Gasteiger partial charge in [-0.25, -0.2) is 4.39 Å². The summed E-state index contributed by atoms with van der Waals surface area (Å²) < 4.78 is 13.9. The molecule has 0 saturated carbocycles. The van der Waals surface area contributed by atoms with Gasteiger partial charge in [-0.3, -0.25) is 4.98 Å². The van der Waals surface area contributed by atoms with Gasteiger partial charge >= 0.3 is 0 Å². The Morgan fingerprint density at radius 3 is 2.64 bits per heavy atom. The van der Waals surface area contributed by atoms with Gasteiger partial charge in [-0.2, -0.15) is 0 Å². The zero-order valence-electron chi connectivity index (χ0n) is 15.3. The number of aromatic nitrogens is 2. The highest BCUT2D eigenvalue weighted by molar-refractivity contribution is 7.99. The number of hydrogen-bond acceptors (Lipinski definition) is 2. The normalized spacial score (nSPS) is 13.3. The smallest absolute Gasteiger partial charge is 0.123 e. The molecule has 3 heterocycles. The minimum absolute atomic E-state index is 0.236. The zero-order chi connectivity index (χ0) is 18.9. The summed E-state index contributed by atoms with van der Waals surface area (Å²) >= 11 is 1.94. The molecule has 0 amide bonds. The Balaban J connectivity index is 1.66. The number of aromatic amines is 1. The fourth-order valence-electron chi connectivity index (χ4n) is 3.77. The third-order valence-electron chi connectivity index (χ3n) is 5.14. The van der Waals surface area contributed by atoms with E-state index in [0.717, 1.165) is 34.5 Å². The number of nitrogens with one attached hydrogen (secondary N) is 1. The summed E-state index contributed by atoms with van der Waals surface area (Å²) in [5.74, 6) is 0.963. The Bertz CT molecular complexity index is 1130. The molecule has 2 aromatic heterocycles. The van der Waals surface area contributed by atoms with Crippen LogP contribution in [0.3, 0.4) is 0 Å². The fourth-order valence-corrected chi connectivity index (χ4v) is 4.79. The first kappa shape index (κ1) is 17.3. The van der Waals surface area contributed by atoms with E-state index in [4.69, 9.17) is 0 Å². The van der Waals surface area contributed by atoms with Crippen molar-refractivity contribution in [1.29, 1.82) is 0 Å². The Kier molecular flexibility index (Phi) is 4.49. The van der Waals surface area contributed by atoms with Gasteiger partial charge in [0.1, 0.15) is 5.82 Å². The highest BCUT2D eigenvalue weighted by Crippen LogP contribution is 2.38. The van der Waals surface area contributed by atoms with E-state index < -0.39 is 0 Å². The molecule has 0 bridgehead atoms. The molecule has 0 saturated heterocycles. The second-order valence-corrected chi connectivity index (χ2v) is 8.13. The van der Waals surface area contributed by atoms with Crippen molar-refractivity contribution in [3.63, 3.8) is 0 Å². The molecule has 0 spiro atoms. The molecular weight excluding hydrogens is 367 g/mol. The highest BCUT2D eigenvalue weighted by Gasteiger charge is 2.16. The topological polar surface area (TPSA) is 28.7 Å². The van der Waals surface area contributed by atoms with Crippen LogP contribution in [0.2, 0.25) is 0 Å². The Morgan fingerprint density at radius 2 is 1.79 bits per heavy atom. The lowest BCUT2D eigenvalue weighted by Crippen LogP contribution is -1.98. The van der Waals surface area contributed by atoms with Crippen molar-refractivity contribution in [1.82, 2.24) is 9.97 Å². The SMILES string of the molecule is Fc1cccc(-c2[nH]c(-c3ccc4c(c3)CCCS4)cc2-c2ccncc2)c1. The van der Waals surface area contributed by atoms with E-state index >= 15 is 0 Å². The van der Waals surface area contributed by atoms with E-state index in [-0.39, 0.29) is 5.82 Å². The average Bonchev–Trinajstić information content (AvgIpc) is 3.20. The molecule has 28 heavy (non-hydrogen) atoms. The number of aryl methyl sites for hydroxylation is 1. The molecule has 1 aliphatic rings. The molecule has 1 aliphatic heterocycles. The number of fused-ring (bicyclic) bond motifs is 1. The van der Waals surface area contributed by atoms with Crippen LogP contribution in [0.15, 0.2) is 78.0 Å². The van der Waals surface area contributed by atoms with E-state index in [1.54, 1.807) is 24.5 Å². The predicted molar refractivity (Wildman–Crippen MR) is 114 cm³/mol. The maximum absolute atomic E-state index is 13.9. The maximum Gasteiger partial charge on any atom is 0.123 e. The molecule has 0 radical (unpaired) electrons. The van der Waals surface area contributed by atoms with Gasteiger partial charge in [-0.1, -0.05) is 18.2 Å². The van der Waals surface area contributed by atoms with Gasteiger partial charge in [0.2, 0.25) is 0 Å². The summed E-state index contributed by atoms with van der Waals surface area (Å²) in [4.78, 5) is 9.07. The van der Waals surface area contributed by atoms with E-state index in [1.165, 1.54) is 34.3 Å². The molecule has 0 atom stereocenters. The minimum atomic E-state index is -0.236. The van der Waals surface area contributed by atoms with Crippen LogP contribution in [0.4, 0.5) is 4.39 Å². The summed E-state index contributed by atoms with van der Waals surface area (Å²) in [6.45, 7) is 0. The van der Waals surface area contributed by atoms with Gasteiger partial charge in [-0.05, 0) is 77.7 Å². The van der Waals surface area contributed by atoms with Gasteiger partial charge in [-0.15, -0.1) is 11.8 Å². The van der Waals surface area contributed by atoms with Crippen molar-refractivity contribution in [2.75, 3.05) is 5.75 Å².